The molecule has 2 aromatic carbocycles. The molecule has 0 unspecified atom stereocenters. The number of thiazole rings is 1. The van der Waals surface area contributed by atoms with Gasteiger partial charge in [0.2, 0.25) is 5.91 Å². The Kier molecular flexibility index (Phi) is 5.80. The van der Waals surface area contributed by atoms with Gasteiger partial charge in [-0.2, -0.15) is 0 Å². The minimum atomic E-state index is -0.0172. The highest BCUT2D eigenvalue weighted by atomic mass is 32.1. The van der Waals surface area contributed by atoms with Gasteiger partial charge in [-0.15, -0.1) is 11.3 Å². The average molecular weight is 352 g/mol. The zero-order valence-electron chi connectivity index (χ0n) is 14.1. The predicted octanol–water partition coefficient (Wildman–Crippen LogP) is 4.31. The van der Waals surface area contributed by atoms with E-state index in [4.69, 9.17) is 4.74 Å². The van der Waals surface area contributed by atoms with Gasteiger partial charge >= 0.3 is 0 Å². The van der Waals surface area contributed by atoms with Crippen LogP contribution in [-0.2, 0) is 17.6 Å². The van der Waals surface area contributed by atoms with Gasteiger partial charge in [-0.05, 0) is 29.7 Å². The van der Waals surface area contributed by atoms with Crippen LogP contribution in [0.1, 0.15) is 22.4 Å². The lowest BCUT2D eigenvalue weighted by atomic mass is 10.1. The van der Waals surface area contributed by atoms with Gasteiger partial charge in [-0.3, -0.25) is 4.79 Å². The largest absolute Gasteiger partial charge is 0.497 e. The molecular weight excluding hydrogens is 332 g/mol. The minimum absolute atomic E-state index is 0.0172. The molecule has 1 amide bonds. The number of ether oxygens (including phenoxy) is 1. The molecule has 25 heavy (non-hydrogen) atoms. The van der Waals surface area contributed by atoms with Crippen LogP contribution in [0.4, 0.5) is 5.13 Å². The van der Waals surface area contributed by atoms with Crippen LogP contribution in [0, 0.1) is 0 Å². The number of aromatic nitrogens is 1. The van der Waals surface area contributed by atoms with Crippen molar-refractivity contribution in [1.82, 2.24) is 4.98 Å². The van der Waals surface area contributed by atoms with E-state index in [1.165, 1.54) is 16.9 Å². The van der Waals surface area contributed by atoms with Crippen molar-refractivity contribution in [1.29, 1.82) is 0 Å². The Morgan fingerprint density at radius 3 is 2.56 bits per heavy atom. The van der Waals surface area contributed by atoms with E-state index in [0.717, 1.165) is 22.6 Å². The SMILES string of the molecule is COc1ccc(CCC(=O)Nc2ncc(Cc3ccccc3)s2)cc1. The molecular formula is C20H20N2O2S. The fourth-order valence-electron chi connectivity index (χ4n) is 2.48. The standard InChI is InChI=1S/C20H20N2O2S/c1-24-17-10-7-15(8-11-17)9-12-19(23)22-20-21-14-18(25-20)13-16-5-3-2-4-6-16/h2-8,10-11,14H,9,12-13H2,1H3,(H,21,22,23). The number of rotatable bonds is 7. The van der Waals surface area contributed by atoms with Crippen LogP contribution in [0.25, 0.3) is 0 Å². The van der Waals surface area contributed by atoms with E-state index < -0.39 is 0 Å². The zero-order chi connectivity index (χ0) is 17.5. The number of nitrogens with zero attached hydrogens (tertiary/aromatic N) is 1. The first kappa shape index (κ1) is 17.2. The summed E-state index contributed by atoms with van der Waals surface area (Å²) >= 11 is 1.52. The number of aryl methyl sites for hydroxylation is 1. The number of methoxy groups -OCH3 is 1. The van der Waals surface area contributed by atoms with Crippen LogP contribution < -0.4 is 10.1 Å². The van der Waals surface area contributed by atoms with Gasteiger partial charge in [0.15, 0.2) is 5.13 Å². The lowest BCUT2D eigenvalue weighted by Crippen LogP contribution is -2.11. The highest BCUT2D eigenvalue weighted by Crippen LogP contribution is 2.21. The number of carbonyl (C=O) groups is 1. The molecule has 3 aromatic rings. The second-order valence-corrected chi connectivity index (χ2v) is 6.81. The second kappa shape index (κ2) is 8.44. The third-order valence-electron chi connectivity index (χ3n) is 3.82. The van der Waals surface area contributed by atoms with Crippen molar-refractivity contribution in [3.63, 3.8) is 0 Å². The topological polar surface area (TPSA) is 51.2 Å². The Morgan fingerprint density at radius 2 is 1.84 bits per heavy atom. The number of hydrogen-bond acceptors (Lipinski definition) is 4. The number of anilines is 1. The molecule has 0 saturated carbocycles. The van der Waals surface area contributed by atoms with Crippen molar-refractivity contribution < 1.29 is 9.53 Å². The molecule has 128 valence electrons. The highest BCUT2D eigenvalue weighted by Gasteiger charge is 2.08. The first-order chi connectivity index (χ1) is 12.2. The molecule has 0 radical (unpaired) electrons. The van der Waals surface area contributed by atoms with Crippen LogP contribution in [0.2, 0.25) is 0 Å². The van der Waals surface area contributed by atoms with Gasteiger partial charge in [-0.1, -0.05) is 42.5 Å². The van der Waals surface area contributed by atoms with Crippen molar-refractivity contribution in [2.45, 2.75) is 19.3 Å². The summed E-state index contributed by atoms with van der Waals surface area (Å²) in [4.78, 5) is 17.5. The van der Waals surface area contributed by atoms with Gasteiger partial charge in [-0.25, -0.2) is 4.98 Å². The molecule has 3 rings (SSSR count). The lowest BCUT2D eigenvalue weighted by molar-refractivity contribution is -0.116. The number of amides is 1. The van der Waals surface area contributed by atoms with Gasteiger partial charge in [0.25, 0.3) is 0 Å². The Labute approximate surface area is 151 Å². The van der Waals surface area contributed by atoms with Gasteiger partial charge in [0, 0.05) is 23.9 Å². The summed E-state index contributed by atoms with van der Waals surface area (Å²) in [6.45, 7) is 0. The predicted molar refractivity (Wildman–Crippen MR) is 101 cm³/mol. The molecule has 4 nitrogen and oxygen atoms in total. The molecule has 0 atom stereocenters. The minimum Gasteiger partial charge on any atom is -0.497 e. The first-order valence-corrected chi connectivity index (χ1v) is 8.96. The first-order valence-electron chi connectivity index (χ1n) is 8.14. The summed E-state index contributed by atoms with van der Waals surface area (Å²) in [5.41, 5.74) is 2.35. The van der Waals surface area contributed by atoms with Gasteiger partial charge in [0.05, 0.1) is 7.11 Å². The van der Waals surface area contributed by atoms with Gasteiger partial charge < -0.3 is 10.1 Å². The normalized spacial score (nSPS) is 10.4. The molecule has 0 aliphatic carbocycles. The van der Waals surface area contributed by atoms with Crippen LogP contribution in [0.3, 0.4) is 0 Å². The maximum absolute atomic E-state index is 12.1. The molecule has 1 N–H and O–H groups in total. The van der Waals surface area contributed by atoms with Crippen molar-refractivity contribution in [3.8, 4) is 5.75 Å². The van der Waals surface area contributed by atoms with E-state index in [0.29, 0.717) is 18.0 Å². The number of hydrogen-bond donors (Lipinski definition) is 1. The monoisotopic (exact) mass is 352 g/mol. The summed E-state index contributed by atoms with van der Waals surface area (Å²) in [5, 5.41) is 3.54. The van der Waals surface area contributed by atoms with Crippen molar-refractivity contribution in [2.24, 2.45) is 0 Å². The summed E-state index contributed by atoms with van der Waals surface area (Å²) in [5.74, 6) is 0.804. The van der Waals surface area contributed by atoms with E-state index >= 15 is 0 Å². The summed E-state index contributed by atoms with van der Waals surface area (Å²) < 4.78 is 5.13. The molecule has 0 saturated heterocycles. The van der Waals surface area contributed by atoms with Crippen LogP contribution in [0.5, 0.6) is 5.75 Å². The Balaban J connectivity index is 1.49. The number of nitrogens with one attached hydrogen (secondary N) is 1. The fourth-order valence-corrected chi connectivity index (χ4v) is 3.34. The quantitative estimate of drug-likeness (QED) is 0.689. The molecule has 0 bridgehead atoms. The third-order valence-corrected chi connectivity index (χ3v) is 4.73. The van der Waals surface area contributed by atoms with Crippen LogP contribution in [-0.4, -0.2) is 18.0 Å². The van der Waals surface area contributed by atoms with E-state index in [1.807, 2.05) is 48.7 Å². The van der Waals surface area contributed by atoms with Crippen molar-refractivity contribution >= 4 is 22.4 Å². The third kappa shape index (κ3) is 5.16. The van der Waals surface area contributed by atoms with Crippen molar-refractivity contribution in [2.75, 3.05) is 12.4 Å². The van der Waals surface area contributed by atoms with E-state index in [1.54, 1.807) is 7.11 Å². The fraction of sp³-hybridized carbons (Fsp3) is 0.200. The Hall–Kier alpha value is -2.66. The molecule has 0 fully saturated rings. The van der Waals surface area contributed by atoms with E-state index in [-0.39, 0.29) is 5.91 Å². The molecule has 0 aliphatic heterocycles. The average Bonchev–Trinajstić information content (AvgIpc) is 3.08. The molecule has 5 heteroatoms. The summed E-state index contributed by atoms with van der Waals surface area (Å²) in [6, 6.07) is 18.0. The maximum Gasteiger partial charge on any atom is 0.226 e. The summed E-state index contributed by atoms with van der Waals surface area (Å²) in [7, 11) is 1.64. The summed E-state index contributed by atoms with van der Waals surface area (Å²) in [6.07, 6.45) is 3.79. The van der Waals surface area contributed by atoms with Crippen LogP contribution in [0.15, 0.2) is 60.8 Å². The molecule has 0 spiro atoms. The smallest absolute Gasteiger partial charge is 0.226 e. The lowest BCUT2D eigenvalue weighted by Gasteiger charge is -2.04. The Bertz CT molecular complexity index is 813. The number of carbonyl (C=O) groups excluding carboxylic acids is 1. The molecule has 1 heterocycles. The van der Waals surface area contributed by atoms with Crippen molar-refractivity contribution in [3.05, 3.63) is 76.8 Å². The Morgan fingerprint density at radius 1 is 1.08 bits per heavy atom. The highest BCUT2D eigenvalue weighted by molar-refractivity contribution is 7.15. The second-order valence-electron chi connectivity index (χ2n) is 5.69. The molecule has 1 aromatic heterocycles. The van der Waals surface area contributed by atoms with Crippen LogP contribution >= 0.6 is 11.3 Å². The zero-order valence-corrected chi connectivity index (χ0v) is 14.9. The van der Waals surface area contributed by atoms with E-state index in [9.17, 15) is 4.79 Å². The molecule has 0 aliphatic rings. The van der Waals surface area contributed by atoms with E-state index in [2.05, 4.69) is 22.4 Å². The maximum atomic E-state index is 12.1. The number of benzene rings is 2. The van der Waals surface area contributed by atoms with Gasteiger partial charge in [0.1, 0.15) is 5.75 Å².